The molecule has 2 aromatic rings. The highest BCUT2D eigenvalue weighted by atomic mass is 35.5. The quantitative estimate of drug-likeness (QED) is 0.789. The molecule has 0 N–H and O–H groups in total. The summed E-state index contributed by atoms with van der Waals surface area (Å²) >= 11 is 5.81. The first kappa shape index (κ1) is 15.3. The minimum absolute atomic E-state index is 0.132. The normalized spacial score (nSPS) is 16.0. The molecule has 0 amide bonds. The summed E-state index contributed by atoms with van der Waals surface area (Å²) in [7, 11) is 0. The number of para-hydroxylation sites is 1. The zero-order valence-electron chi connectivity index (χ0n) is 12.5. The van der Waals surface area contributed by atoms with Gasteiger partial charge in [-0.3, -0.25) is 4.90 Å². The molecule has 0 atom stereocenters. The zero-order valence-corrected chi connectivity index (χ0v) is 13.3. The zero-order chi connectivity index (χ0) is 15.4. The number of benzene rings is 2. The van der Waals surface area contributed by atoms with Crippen LogP contribution >= 0.6 is 11.6 Å². The number of halogens is 2. The van der Waals surface area contributed by atoms with Gasteiger partial charge in [0.1, 0.15) is 5.82 Å². The van der Waals surface area contributed by atoms with Crippen molar-refractivity contribution in [3.05, 3.63) is 65.5 Å². The van der Waals surface area contributed by atoms with E-state index in [9.17, 15) is 4.39 Å². The summed E-state index contributed by atoms with van der Waals surface area (Å²) in [5, 5.41) is 0. The Labute approximate surface area is 136 Å². The predicted octanol–water partition coefficient (Wildman–Crippen LogP) is 3.89. The van der Waals surface area contributed by atoms with Crippen LogP contribution in [-0.4, -0.2) is 31.1 Å². The van der Waals surface area contributed by atoms with Gasteiger partial charge in [-0.05, 0) is 23.3 Å². The fraction of sp³-hybridized carbons (Fsp3) is 0.333. The molecule has 0 saturated carbocycles. The number of anilines is 1. The van der Waals surface area contributed by atoms with Crippen LogP contribution in [0.15, 0.2) is 48.5 Å². The Kier molecular flexibility index (Phi) is 4.96. The van der Waals surface area contributed by atoms with Crippen LogP contribution in [0, 0.1) is 5.82 Å². The second-order valence-electron chi connectivity index (χ2n) is 5.66. The molecule has 1 fully saturated rings. The maximum absolute atomic E-state index is 13.8. The summed E-state index contributed by atoms with van der Waals surface area (Å²) in [5.41, 5.74) is 3.16. The van der Waals surface area contributed by atoms with Crippen LogP contribution in [0.3, 0.4) is 0 Å². The number of rotatable bonds is 4. The van der Waals surface area contributed by atoms with Crippen molar-refractivity contribution < 1.29 is 4.39 Å². The van der Waals surface area contributed by atoms with Crippen LogP contribution in [0.4, 0.5) is 10.1 Å². The largest absolute Gasteiger partial charge is 0.367 e. The minimum Gasteiger partial charge on any atom is -0.367 e. The third-order valence-electron chi connectivity index (χ3n) is 4.15. The van der Waals surface area contributed by atoms with Crippen LogP contribution in [0.5, 0.6) is 0 Å². The molecule has 0 aliphatic carbocycles. The molecule has 0 radical (unpaired) electrons. The Balaban J connectivity index is 1.56. The van der Waals surface area contributed by atoms with Crippen LogP contribution in [0.1, 0.15) is 11.1 Å². The lowest BCUT2D eigenvalue weighted by atomic mass is 10.1. The highest BCUT2D eigenvalue weighted by Gasteiger charge is 2.19. The van der Waals surface area contributed by atoms with Crippen molar-refractivity contribution in [2.45, 2.75) is 12.4 Å². The van der Waals surface area contributed by atoms with E-state index in [1.54, 1.807) is 6.07 Å². The summed E-state index contributed by atoms with van der Waals surface area (Å²) < 4.78 is 13.8. The Morgan fingerprint density at radius 3 is 2.14 bits per heavy atom. The van der Waals surface area contributed by atoms with Crippen LogP contribution in [0.2, 0.25) is 0 Å². The lowest BCUT2D eigenvalue weighted by molar-refractivity contribution is 0.249. The van der Waals surface area contributed by atoms with E-state index in [2.05, 4.69) is 34.1 Å². The van der Waals surface area contributed by atoms with Crippen molar-refractivity contribution in [2.75, 3.05) is 31.1 Å². The summed E-state index contributed by atoms with van der Waals surface area (Å²) in [6.45, 7) is 4.56. The molecule has 0 bridgehead atoms. The Bertz CT molecular complexity index is 607. The topological polar surface area (TPSA) is 6.48 Å². The van der Waals surface area contributed by atoms with Gasteiger partial charge in [-0.1, -0.05) is 36.4 Å². The third-order valence-corrected chi connectivity index (χ3v) is 4.46. The molecule has 1 heterocycles. The standard InChI is InChI=1S/C18H20ClFN2/c19-13-15-5-7-16(8-6-15)14-21-9-11-22(12-10-21)18-4-2-1-3-17(18)20/h1-8H,9-14H2. The van der Waals surface area contributed by atoms with Crippen LogP contribution in [-0.2, 0) is 12.4 Å². The Morgan fingerprint density at radius 1 is 0.864 bits per heavy atom. The van der Waals surface area contributed by atoms with E-state index in [-0.39, 0.29) is 5.82 Å². The van der Waals surface area contributed by atoms with Crippen molar-refractivity contribution >= 4 is 17.3 Å². The molecule has 116 valence electrons. The summed E-state index contributed by atoms with van der Waals surface area (Å²) in [6.07, 6.45) is 0. The molecule has 1 aliphatic heterocycles. The molecule has 1 aliphatic rings. The monoisotopic (exact) mass is 318 g/mol. The number of hydrogen-bond acceptors (Lipinski definition) is 2. The number of nitrogens with zero attached hydrogens (tertiary/aromatic N) is 2. The van der Waals surface area contributed by atoms with Gasteiger partial charge in [0.2, 0.25) is 0 Å². The molecule has 2 aromatic carbocycles. The molecule has 0 unspecified atom stereocenters. The van der Waals surface area contributed by atoms with Gasteiger partial charge in [0.25, 0.3) is 0 Å². The van der Waals surface area contributed by atoms with Gasteiger partial charge in [0.05, 0.1) is 5.69 Å². The second kappa shape index (κ2) is 7.12. The van der Waals surface area contributed by atoms with Crippen molar-refractivity contribution in [1.82, 2.24) is 4.90 Å². The lowest BCUT2D eigenvalue weighted by Crippen LogP contribution is -2.46. The van der Waals surface area contributed by atoms with Gasteiger partial charge in [-0.2, -0.15) is 0 Å². The van der Waals surface area contributed by atoms with E-state index in [0.29, 0.717) is 11.6 Å². The molecule has 2 nitrogen and oxygen atoms in total. The van der Waals surface area contributed by atoms with Crippen LogP contribution in [0.25, 0.3) is 0 Å². The van der Waals surface area contributed by atoms with Gasteiger partial charge < -0.3 is 4.90 Å². The summed E-state index contributed by atoms with van der Waals surface area (Å²) in [4.78, 5) is 4.54. The molecule has 1 saturated heterocycles. The average molecular weight is 319 g/mol. The Morgan fingerprint density at radius 2 is 1.50 bits per heavy atom. The van der Waals surface area contributed by atoms with E-state index in [1.807, 2.05) is 12.1 Å². The number of hydrogen-bond donors (Lipinski definition) is 0. The highest BCUT2D eigenvalue weighted by Crippen LogP contribution is 2.20. The van der Waals surface area contributed by atoms with E-state index in [1.165, 1.54) is 11.6 Å². The predicted molar refractivity (Wildman–Crippen MR) is 89.9 cm³/mol. The number of piperazine rings is 1. The smallest absolute Gasteiger partial charge is 0.146 e. The highest BCUT2D eigenvalue weighted by molar-refractivity contribution is 6.17. The SMILES string of the molecule is Fc1ccccc1N1CCN(Cc2ccc(CCl)cc2)CC1. The molecule has 0 spiro atoms. The minimum atomic E-state index is -0.132. The first-order chi connectivity index (χ1) is 10.8. The maximum Gasteiger partial charge on any atom is 0.146 e. The van der Waals surface area contributed by atoms with E-state index in [4.69, 9.17) is 11.6 Å². The second-order valence-corrected chi connectivity index (χ2v) is 5.93. The van der Waals surface area contributed by atoms with Gasteiger partial charge in [-0.15, -0.1) is 11.6 Å². The molecule has 4 heteroatoms. The van der Waals surface area contributed by atoms with Gasteiger partial charge in [0, 0.05) is 38.6 Å². The van der Waals surface area contributed by atoms with Crippen molar-refractivity contribution in [3.8, 4) is 0 Å². The molecule has 22 heavy (non-hydrogen) atoms. The van der Waals surface area contributed by atoms with Gasteiger partial charge >= 0.3 is 0 Å². The van der Waals surface area contributed by atoms with Crippen molar-refractivity contribution in [1.29, 1.82) is 0 Å². The first-order valence-electron chi connectivity index (χ1n) is 7.62. The molecular weight excluding hydrogens is 299 g/mol. The van der Waals surface area contributed by atoms with E-state index >= 15 is 0 Å². The van der Waals surface area contributed by atoms with Crippen molar-refractivity contribution in [3.63, 3.8) is 0 Å². The van der Waals surface area contributed by atoms with E-state index < -0.39 is 0 Å². The fourth-order valence-corrected chi connectivity index (χ4v) is 3.03. The summed E-state index contributed by atoms with van der Waals surface area (Å²) in [5.74, 6) is 0.425. The Hall–Kier alpha value is -1.58. The number of alkyl halides is 1. The molecular formula is C18H20ClFN2. The third kappa shape index (κ3) is 3.60. The van der Waals surface area contributed by atoms with Gasteiger partial charge in [-0.25, -0.2) is 4.39 Å². The maximum atomic E-state index is 13.8. The average Bonchev–Trinajstić information content (AvgIpc) is 2.57. The first-order valence-corrected chi connectivity index (χ1v) is 8.15. The lowest BCUT2D eigenvalue weighted by Gasteiger charge is -2.36. The molecule has 3 rings (SSSR count). The van der Waals surface area contributed by atoms with Gasteiger partial charge in [0.15, 0.2) is 0 Å². The van der Waals surface area contributed by atoms with Crippen LogP contribution < -0.4 is 4.90 Å². The van der Waals surface area contributed by atoms with E-state index in [0.717, 1.165) is 38.3 Å². The van der Waals surface area contributed by atoms with Crippen molar-refractivity contribution in [2.24, 2.45) is 0 Å². The summed E-state index contributed by atoms with van der Waals surface area (Å²) in [6, 6.07) is 15.5. The fourth-order valence-electron chi connectivity index (χ4n) is 2.85. The molecule has 0 aromatic heterocycles.